The fourth-order valence-corrected chi connectivity index (χ4v) is 1.61. The lowest BCUT2D eigenvalue weighted by molar-refractivity contribution is -0.114. The maximum absolute atomic E-state index is 11.9. The number of hydrogen-bond donors (Lipinski definition) is 3. The fourth-order valence-electron chi connectivity index (χ4n) is 1.61. The number of aromatic nitrogens is 2. The van der Waals surface area contributed by atoms with Crippen LogP contribution in [0.4, 0.5) is 11.4 Å². The van der Waals surface area contributed by atoms with Gasteiger partial charge in [-0.2, -0.15) is 0 Å². The van der Waals surface area contributed by atoms with Gasteiger partial charge in [-0.3, -0.25) is 9.59 Å². The van der Waals surface area contributed by atoms with Gasteiger partial charge >= 0.3 is 0 Å². The second-order valence-electron chi connectivity index (χ2n) is 4.10. The molecule has 2 amide bonds. The summed E-state index contributed by atoms with van der Waals surface area (Å²) in [5, 5.41) is 5.38. The topological polar surface area (TPSA) is 86.9 Å². The van der Waals surface area contributed by atoms with E-state index < -0.39 is 0 Å². The molecule has 6 nitrogen and oxygen atoms in total. The van der Waals surface area contributed by atoms with Crippen LogP contribution in [0.15, 0.2) is 30.5 Å². The molecule has 0 aliphatic carbocycles. The van der Waals surface area contributed by atoms with Gasteiger partial charge in [-0.25, -0.2) is 4.98 Å². The van der Waals surface area contributed by atoms with Gasteiger partial charge in [0.1, 0.15) is 11.5 Å². The molecule has 1 aromatic carbocycles. The summed E-state index contributed by atoms with van der Waals surface area (Å²) >= 11 is 0. The van der Waals surface area contributed by atoms with Crippen molar-refractivity contribution in [2.24, 2.45) is 0 Å². The number of nitrogens with one attached hydrogen (secondary N) is 3. The first-order chi connectivity index (χ1) is 9.04. The Morgan fingerprint density at radius 2 is 1.89 bits per heavy atom. The van der Waals surface area contributed by atoms with E-state index in [9.17, 15) is 9.59 Å². The van der Waals surface area contributed by atoms with Crippen LogP contribution in [0, 0.1) is 6.92 Å². The summed E-state index contributed by atoms with van der Waals surface area (Å²) in [6, 6.07) is 6.92. The van der Waals surface area contributed by atoms with Crippen LogP contribution in [0.2, 0.25) is 0 Å². The predicted molar refractivity (Wildman–Crippen MR) is 72.0 cm³/mol. The summed E-state index contributed by atoms with van der Waals surface area (Å²) in [6.07, 6.45) is 1.47. The van der Waals surface area contributed by atoms with Gasteiger partial charge in [0, 0.05) is 18.3 Å². The molecule has 0 radical (unpaired) electrons. The Morgan fingerprint density at radius 1 is 1.21 bits per heavy atom. The number of benzene rings is 1. The fraction of sp³-hybridized carbons (Fsp3) is 0.154. The second-order valence-corrected chi connectivity index (χ2v) is 4.10. The Kier molecular flexibility index (Phi) is 3.61. The Hall–Kier alpha value is -2.63. The SMILES string of the molecule is CC(=O)Nc1cccc(NC(=O)c2cnc(C)[nH]2)c1. The molecule has 0 aliphatic heterocycles. The number of hydrogen-bond acceptors (Lipinski definition) is 3. The summed E-state index contributed by atoms with van der Waals surface area (Å²) in [6.45, 7) is 3.20. The van der Waals surface area contributed by atoms with Gasteiger partial charge in [0.2, 0.25) is 5.91 Å². The standard InChI is InChI=1S/C13H14N4O2/c1-8-14-7-12(15-8)13(19)17-11-5-3-4-10(6-11)16-9(2)18/h3-7H,1-2H3,(H,14,15)(H,16,18)(H,17,19). The zero-order valence-electron chi connectivity index (χ0n) is 10.7. The van der Waals surface area contributed by atoms with E-state index in [1.165, 1.54) is 13.1 Å². The highest BCUT2D eigenvalue weighted by molar-refractivity contribution is 6.03. The van der Waals surface area contributed by atoms with Gasteiger partial charge in [-0.1, -0.05) is 6.07 Å². The quantitative estimate of drug-likeness (QED) is 0.786. The van der Waals surface area contributed by atoms with Crippen molar-refractivity contribution in [2.45, 2.75) is 13.8 Å². The first kappa shape index (κ1) is 12.8. The molecule has 98 valence electrons. The average Bonchev–Trinajstić information content (AvgIpc) is 2.75. The van der Waals surface area contributed by atoms with Crippen LogP contribution in [0.25, 0.3) is 0 Å². The third-order valence-corrected chi connectivity index (χ3v) is 2.39. The Balaban J connectivity index is 2.10. The number of rotatable bonds is 3. The van der Waals surface area contributed by atoms with Gasteiger partial charge in [-0.15, -0.1) is 0 Å². The number of H-pyrrole nitrogens is 1. The van der Waals surface area contributed by atoms with Gasteiger partial charge in [0.25, 0.3) is 5.91 Å². The average molecular weight is 258 g/mol. The molecule has 19 heavy (non-hydrogen) atoms. The molecular weight excluding hydrogens is 244 g/mol. The monoisotopic (exact) mass is 258 g/mol. The molecule has 2 rings (SSSR count). The molecule has 1 aromatic heterocycles. The summed E-state index contributed by atoms with van der Waals surface area (Å²) in [7, 11) is 0. The molecule has 0 bridgehead atoms. The smallest absolute Gasteiger partial charge is 0.273 e. The van der Waals surface area contributed by atoms with E-state index in [0.717, 1.165) is 0 Å². The number of carbonyl (C=O) groups is 2. The van der Waals surface area contributed by atoms with Crippen LogP contribution >= 0.6 is 0 Å². The van der Waals surface area contributed by atoms with Crippen LogP contribution in [0.3, 0.4) is 0 Å². The number of amides is 2. The van der Waals surface area contributed by atoms with Crippen molar-refractivity contribution >= 4 is 23.2 Å². The van der Waals surface area contributed by atoms with Gasteiger partial charge in [0.15, 0.2) is 0 Å². The van der Waals surface area contributed by atoms with Crippen molar-refractivity contribution in [3.8, 4) is 0 Å². The Morgan fingerprint density at radius 3 is 2.47 bits per heavy atom. The summed E-state index contributed by atoms with van der Waals surface area (Å²) in [5.74, 6) is 0.241. The van der Waals surface area contributed by atoms with Crippen molar-refractivity contribution in [1.82, 2.24) is 9.97 Å². The molecule has 0 unspecified atom stereocenters. The Labute approximate surface area is 110 Å². The van der Waals surface area contributed by atoms with E-state index in [-0.39, 0.29) is 11.8 Å². The molecule has 2 aromatic rings. The molecule has 0 aliphatic rings. The third kappa shape index (κ3) is 3.41. The van der Waals surface area contributed by atoms with Gasteiger partial charge in [0.05, 0.1) is 6.20 Å². The normalized spacial score (nSPS) is 10.0. The van der Waals surface area contributed by atoms with Crippen molar-refractivity contribution in [2.75, 3.05) is 10.6 Å². The van der Waals surface area contributed by atoms with Crippen LogP contribution in [0.1, 0.15) is 23.2 Å². The van der Waals surface area contributed by atoms with E-state index in [1.54, 1.807) is 31.2 Å². The highest BCUT2D eigenvalue weighted by Gasteiger charge is 2.08. The molecular formula is C13H14N4O2. The summed E-state index contributed by atoms with van der Waals surface area (Å²) < 4.78 is 0. The minimum Gasteiger partial charge on any atom is -0.338 e. The zero-order chi connectivity index (χ0) is 13.8. The van der Waals surface area contributed by atoms with E-state index in [4.69, 9.17) is 0 Å². The van der Waals surface area contributed by atoms with Gasteiger partial charge < -0.3 is 15.6 Å². The lowest BCUT2D eigenvalue weighted by atomic mass is 10.2. The summed E-state index contributed by atoms with van der Waals surface area (Å²) in [5.41, 5.74) is 1.62. The maximum Gasteiger partial charge on any atom is 0.273 e. The van der Waals surface area contributed by atoms with Crippen LogP contribution < -0.4 is 10.6 Å². The molecule has 0 fully saturated rings. The van der Waals surface area contributed by atoms with E-state index >= 15 is 0 Å². The molecule has 1 heterocycles. The first-order valence-corrected chi connectivity index (χ1v) is 5.75. The van der Waals surface area contributed by atoms with Crippen LogP contribution in [0.5, 0.6) is 0 Å². The lowest BCUT2D eigenvalue weighted by Crippen LogP contribution is -2.13. The van der Waals surface area contributed by atoms with Crippen molar-refractivity contribution in [3.63, 3.8) is 0 Å². The number of anilines is 2. The van der Waals surface area contributed by atoms with Crippen molar-refractivity contribution in [3.05, 3.63) is 42.0 Å². The zero-order valence-corrected chi connectivity index (χ0v) is 10.7. The number of aryl methyl sites for hydroxylation is 1. The molecule has 0 saturated carbocycles. The van der Waals surface area contributed by atoms with Crippen LogP contribution in [-0.4, -0.2) is 21.8 Å². The highest BCUT2D eigenvalue weighted by atomic mass is 16.2. The molecule has 0 spiro atoms. The summed E-state index contributed by atoms with van der Waals surface area (Å²) in [4.78, 5) is 29.7. The van der Waals surface area contributed by atoms with E-state index in [1.807, 2.05) is 0 Å². The number of aromatic amines is 1. The largest absolute Gasteiger partial charge is 0.338 e. The third-order valence-electron chi connectivity index (χ3n) is 2.39. The number of carbonyl (C=O) groups excluding carboxylic acids is 2. The van der Waals surface area contributed by atoms with Gasteiger partial charge in [-0.05, 0) is 25.1 Å². The molecule has 0 atom stereocenters. The minimum atomic E-state index is -0.277. The molecule has 3 N–H and O–H groups in total. The maximum atomic E-state index is 11.9. The molecule has 0 saturated heterocycles. The first-order valence-electron chi connectivity index (χ1n) is 5.75. The predicted octanol–water partition coefficient (Wildman–Crippen LogP) is 1.93. The van der Waals surface area contributed by atoms with E-state index in [2.05, 4.69) is 20.6 Å². The lowest BCUT2D eigenvalue weighted by Gasteiger charge is -2.06. The molecule has 6 heteroatoms. The van der Waals surface area contributed by atoms with E-state index in [0.29, 0.717) is 22.9 Å². The highest BCUT2D eigenvalue weighted by Crippen LogP contribution is 2.15. The number of imidazole rings is 1. The number of nitrogens with zero attached hydrogens (tertiary/aromatic N) is 1. The minimum absolute atomic E-state index is 0.160. The Bertz CT molecular complexity index is 619. The van der Waals surface area contributed by atoms with Crippen molar-refractivity contribution in [1.29, 1.82) is 0 Å². The van der Waals surface area contributed by atoms with Crippen LogP contribution in [-0.2, 0) is 4.79 Å². The van der Waals surface area contributed by atoms with Crippen molar-refractivity contribution < 1.29 is 9.59 Å². The second kappa shape index (κ2) is 5.34.